The van der Waals surface area contributed by atoms with Gasteiger partial charge in [0.25, 0.3) is 0 Å². The maximum absolute atomic E-state index is 4.00. The molecule has 0 aromatic heterocycles. The quantitative estimate of drug-likeness (QED) is 0.427. The molecule has 0 aliphatic rings. The largest absolute Gasteiger partial charge is 0.274 e. The maximum Gasteiger partial charge on any atom is 0.0130 e. The second-order valence-electron chi connectivity index (χ2n) is 1.30. The van der Waals surface area contributed by atoms with Crippen LogP contribution in [0.1, 0.15) is 0 Å². The molecule has 0 saturated carbocycles. The summed E-state index contributed by atoms with van der Waals surface area (Å²) in [5, 5.41) is 0. The van der Waals surface area contributed by atoms with Crippen LogP contribution in [0.2, 0.25) is 0 Å². The molecule has 1 aromatic rings. The SMILES string of the molecule is Cl.Ic1ccccc1.NN. The normalized spacial score (nSPS) is 6.70. The number of rotatable bonds is 0. The fourth-order valence-corrected chi connectivity index (χ4v) is 0.830. The third-order valence-corrected chi connectivity index (χ3v) is 1.45. The van der Waals surface area contributed by atoms with Gasteiger partial charge in [-0.3, -0.25) is 11.7 Å². The Kier molecular flexibility index (Phi) is 11.7. The Hall–Kier alpha value is 0.160. The van der Waals surface area contributed by atoms with Gasteiger partial charge in [-0.25, -0.2) is 0 Å². The average Bonchev–Trinajstić information content (AvgIpc) is 1.94. The fourth-order valence-electron chi connectivity index (χ4n) is 0.415. The lowest BCUT2D eigenvalue weighted by molar-refractivity contribution is 1.26. The van der Waals surface area contributed by atoms with Gasteiger partial charge in [0.05, 0.1) is 0 Å². The average molecular weight is 273 g/mol. The van der Waals surface area contributed by atoms with Crippen LogP contribution in [0.15, 0.2) is 30.3 Å². The molecule has 0 heterocycles. The molecule has 4 N–H and O–H groups in total. The van der Waals surface area contributed by atoms with Gasteiger partial charge in [0.15, 0.2) is 0 Å². The Morgan fingerprint density at radius 2 is 1.40 bits per heavy atom. The summed E-state index contributed by atoms with van der Waals surface area (Å²) in [6.07, 6.45) is 0. The van der Waals surface area contributed by atoms with E-state index in [1.165, 1.54) is 3.57 Å². The number of nitrogens with two attached hydrogens (primary N) is 2. The highest BCUT2D eigenvalue weighted by atomic mass is 127. The molecule has 58 valence electrons. The molecule has 0 spiro atoms. The fraction of sp³-hybridized carbons (Fsp3) is 0. The molecule has 0 bridgehead atoms. The minimum atomic E-state index is 0. The van der Waals surface area contributed by atoms with Crippen molar-refractivity contribution >= 4 is 35.0 Å². The van der Waals surface area contributed by atoms with E-state index in [4.69, 9.17) is 0 Å². The topological polar surface area (TPSA) is 52.0 Å². The van der Waals surface area contributed by atoms with Crippen molar-refractivity contribution in [3.05, 3.63) is 33.9 Å². The molecule has 0 unspecified atom stereocenters. The standard InChI is InChI=1S/C6H5I.ClH.H4N2/c7-6-4-2-1-3-5-6;;1-2/h1-5H;1H;1-2H2. The molecule has 0 saturated heterocycles. The van der Waals surface area contributed by atoms with E-state index in [1.54, 1.807) is 0 Å². The van der Waals surface area contributed by atoms with Crippen LogP contribution >= 0.6 is 35.0 Å². The highest BCUT2D eigenvalue weighted by Gasteiger charge is 1.74. The summed E-state index contributed by atoms with van der Waals surface area (Å²) >= 11 is 2.28. The number of hydrogen-bond donors (Lipinski definition) is 2. The Balaban J connectivity index is 0. The van der Waals surface area contributed by atoms with Crippen LogP contribution in [0.25, 0.3) is 0 Å². The third-order valence-electron chi connectivity index (χ3n) is 0.733. The molecule has 4 heteroatoms. The first-order chi connectivity index (χ1) is 4.39. The minimum Gasteiger partial charge on any atom is -0.274 e. The summed E-state index contributed by atoms with van der Waals surface area (Å²) in [5.41, 5.74) is 0. The Bertz CT molecular complexity index is 146. The summed E-state index contributed by atoms with van der Waals surface area (Å²) < 4.78 is 1.29. The molecule has 1 rings (SSSR count). The van der Waals surface area contributed by atoms with Crippen molar-refractivity contribution in [2.24, 2.45) is 11.7 Å². The van der Waals surface area contributed by atoms with Crippen LogP contribution < -0.4 is 11.7 Å². The van der Waals surface area contributed by atoms with Gasteiger partial charge in [0, 0.05) is 3.57 Å². The molecule has 0 atom stereocenters. The van der Waals surface area contributed by atoms with Crippen molar-refractivity contribution in [3.8, 4) is 0 Å². The number of hydrazine groups is 1. The number of benzene rings is 1. The maximum atomic E-state index is 4.00. The van der Waals surface area contributed by atoms with Gasteiger partial charge in [0.2, 0.25) is 0 Å². The lowest BCUT2D eigenvalue weighted by atomic mass is 10.4. The second kappa shape index (κ2) is 9.16. The first kappa shape index (κ1) is 12.8. The van der Waals surface area contributed by atoms with E-state index in [1.807, 2.05) is 18.2 Å². The van der Waals surface area contributed by atoms with Gasteiger partial charge >= 0.3 is 0 Å². The lowest BCUT2D eigenvalue weighted by Gasteiger charge is -1.80. The summed E-state index contributed by atoms with van der Waals surface area (Å²) in [6, 6.07) is 10.2. The second-order valence-corrected chi connectivity index (χ2v) is 2.54. The molecular weight excluding hydrogens is 262 g/mol. The minimum absolute atomic E-state index is 0. The van der Waals surface area contributed by atoms with Gasteiger partial charge in [-0.15, -0.1) is 12.4 Å². The van der Waals surface area contributed by atoms with E-state index in [9.17, 15) is 0 Å². The monoisotopic (exact) mass is 272 g/mol. The van der Waals surface area contributed by atoms with Gasteiger partial charge in [-0.05, 0) is 34.7 Å². The Morgan fingerprint density at radius 1 is 1.00 bits per heavy atom. The first-order valence-corrected chi connectivity index (χ1v) is 3.51. The predicted molar refractivity (Wildman–Crippen MR) is 54.8 cm³/mol. The molecule has 10 heavy (non-hydrogen) atoms. The zero-order valence-corrected chi connectivity index (χ0v) is 8.30. The molecule has 0 aliphatic heterocycles. The van der Waals surface area contributed by atoms with Crippen molar-refractivity contribution in [1.82, 2.24) is 0 Å². The van der Waals surface area contributed by atoms with E-state index in [0.29, 0.717) is 0 Å². The highest BCUT2D eigenvalue weighted by molar-refractivity contribution is 14.1. The zero-order chi connectivity index (χ0) is 7.11. The summed E-state index contributed by atoms with van der Waals surface area (Å²) in [5.74, 6) is 8.00. The van der Waals surface area contributed by atoms with Crippen molar-refractivity contribution in [3.63, 3.8) is 0 Å². The van der Waals surface area contributed by atoms with Crippen LogP contribution in [0.4, 0.5) is 0 Å². The van der Waals surface area contributed by atoms with Gasteiger partial charge < -0.3 is 0 Å². The van der Waals surface area contributed by atoms with E-state index in [0.717, 1.165) is 0 Å². The van der Waals surface area contributed by atoms with Crippen LogP contribution in [-0.2, 0) is 0 Å². The van der Waals surface area contributed by atoms with E-state index in [2.05, 4.69) is 46.4 Å². The predicted octanol–water partition coefficient (Wildman–Crippen LogP) is 1.53. The molecule has 2 nitrogen and oxygen atoms in total. The molecule has 0 amide bonds. The number of hydrogen-bond acceptors (Lipinski definition) is 2. The third kappa shape index (κ3) is 6.28. The van der Waals surface area contributed by atoms with E-state index < -0.39 is 0 Å². The summed E-state index contributed by atoms with van der Waals surface area (Å²) in [6.45, 7) is 0. The molecule has 0 fully saturated rings. The van der Waals surface area contributed by atoms with Crippen molar-refractivity contribution in [2.45, 2.75) is 0 Å². The lowest BCUT2D eigenvalue weighted by Crippen LogP contribution is -2.02. The van der Waals surface area contributed by atoms with Crippen molar-refractivity contribution in [1.29, 1.82) is 0 Å². The highest BCUT2D eigenvalue weighted by Crippen LogP contribution is 1.99. The molecule has 0 radical (unpaired) electrons. The summed E-state index contributed by atoms with van der Waals surface area (Å²) in [4.78, 5) is 0. The van der Waals surface area contributed by atoms with Crippen LogP contribution in [-0.4, -0.2) is 0 Å². The van der Waals surface area contributed by atoms with E-state index >= 15 is 0 Å². The van der Waals surface area contributed by atoms with Crippen LogP contribution in [0, 0.1) is 3.57 Å². The zero-order valence-electron chi connectivity index (χ0n) is 5.33. The van der Waals surface area contributed by atoms with Crippen LogP contribution in [0.5, 0.6) is 0 Å². The molecule has 0 aliphatic carbocycles. The van der Waals surface area contributed by atoms with E-state index in [-0.39, 0.29) is 12.4 Å². The van der Waals surface area contributed by atoms with Crippen molar-refractivity contribution < 1.29 is 0 Å². The van der Waals surface area contributed by atoms with Crippen molar-refractivity contribution in [2.75, 3.05) is 0 Å². The van der Waals surface area contributed by atoms with Gasteiger partial charge in [-0.2, -0.15) is 0 Å². The molecule has 1 aromatic carbocycles. The number of halogens is 2. The van der Waals surface area contributed by atoms with Gasteiger partial charge in [0.1, 0.15) is 0 Å². The molecular formula is C6H10ClIN2. The van der Waals surface area contributed by atoms with Crippen LogP contribution in [0.3, 0.4) is 0 Å². The smallest absolute Gasteiger partial charge is 0.0130 e. The summed E-state index contributed by atoms with van der Waals surface area (Å²) in [7, 11) is 0. The first-order valence-electron chi connectivity index (χ1n) is 2.43. The Morgan fingerprint density at radius 3 is 1.60 bits per heavy atom. The van der Waals surface area contributed by atoms with Gasteiger partial charge in [-0.1, -0.05) is 18.2 Å². The Labute approximate surface area is 80.5 Å².